The third kappa shape index (κ3) is 5.25. The number of amidine groups is 1. The fourth-order valence-corrected chi connectivity index (χ4v) is 3.88. The van der Waals surface area contributed by atoms with Gasteiger partial charge in [0.15, 0.2) is 5.82 Å². The normalized spacial score (nSPS) is 16.1. The SMILES string of the molecule is CC1=CC(Nc2nc(/C=C/c3cccc(F)c3)nc(N3CCN(c4ccncc4)CC3)n2)=NC1. The number of aromatic nitrogens is 4. The molecular formula is C25H25FN8. The number of hydrogen-bond donors (Lipinski definition) is 1. The molecule has 5 rings (SSSR count). The highest BCUT2D eigenvalue weighted by atomic mass is 19.1. The Bertz CT molecular complexity index is 1250. The van der Waals surface area contributed by atoms with Crippen molar-refractivity contribution in [2.75, 3.05) is 47.8 Å². The predicted molar refractivity (Wildman–Crippen MR) is 133 cm³/mol. The van der Waals surface area contributed by atoms with E-state index in [-0.39, 0.29) is 5.82 Å². The Kier molecular flexibility index (Phi) is 6.24. The van der Waals surface area contributed by atoms with Crippen LogP contribution in [0.15, 0.2) is 65.4 Å². The van der Waals surface area contributed by atoms with Gasteiger partial charge in [0.05, 0.1) is 6.54 Å². The first-order chi connectivity index (χ1) is 16.6. The lowest BCUT2D eigenvalue weighted by Gasteiger charge is -2.36. The Labute approximate surface area is 197 Å². The summed E-state index contributed by atoms with van der Waals surface area (Å²) >= 11 is 0. The quantitative estimate of drug-likeness (QED) is 0.627. The van der Waals surface area contributed by atoms with Crippen LogP contribution >= 0.6 is 0 Å². The molecule has 0 amide bonds. The highest BCUT2D eigenvalue weighted by molar-refractivity contribution is 6.04. The summed E-state index contributed by atoms with van der Waals surface area (Å²) in [6, 6.07) is 10.4. The molecule has 4 heterocycles. The molecule has 1 N–H and O–H groups in total. The average Bonchev–Trinajstić information content (AvgIpc) is 3.27. The van der Waals surface area contributed by atoms with Crippen molar-refractivity contribution in [1.82, 2.24) is 19.9 Å². The van der Waals surface area contributed by atoms with Gasteiger partial charge in [0, 0.05) is 44.3 Å². The van der Waals surface area contributed by atoms with E-state index < -0.39 is 0 Å². The first-order valence-corrected chi connectivity index (χ1v) is 11.2. The Hall–Kier alpha value is -4.14. The van der Waals surface area contributed by atoms with Gasteiger partial charge in [-0.1, -0.05) is 18.2 Å². The number of nitrogens with one attached hydrogen (secondary N) is 1. The summed E-state index contributed by atoms with van der Waals surface area (Å²) in [6.07, 6.45) is 9.18. The molecule has 2 aromatic heterocycles. The van der Waals surface area contributed by atoms with Gasteiger partial charge in [0.25, 0.3) is 0 Å². The molecule has 0 saturated carbocycles. The molecule has 0 spiro atoms. The number of rotatable bonds is 5. The summed E-state index contributed by atoms with van der Waals surface area (Å²) in [5, 5.41) is 3.21. The monoisotopic (exact) mass is 456 g/mol. The summed E-state index contributed by atoms with van der Waals surface area (Å²) in [5.41, 5.74) is 3.07. The molecule has 1 saturated heterocycles. The molecule has 2 aliphatic rings. The first-order valence-electron chi connectivity index (χ1n) is 11.2. The number of halogens is 1. The third-order valence-electron chi connectivity index (χ3n) is 5.63. The van der Waals surface area contributed by atoms with E-state index in [9.17, 15) is 4.39 Å². The minimum Gasteiger partial charge on any atom is -0.368 e. The van der Waals surface area contributed by atoms with Crippen LogP contribution in [0.1, 0.15) is 18.3 Å². The average molecular weight is 457 g/mol. The topological polar surface area (TPSA) is 82.4 Å². The van der Waals surface area contributed by atoms with Crippen LogP contribution in [0.3, 0.4) is 0 Å². The van der Waals surface area contributed by atoms with E-state index in [1.807, 2.05) is 43.6 Å². The number of hydrogen-bond acceptors (Lipinski definition) is 8. The molecule has 0 radical (unpaired) electrons. The highest BCUT2D eigenvalue weighted by Crippen LogP contribution is 2.19. The smallest absolute Gasteiger partial charge is 0.233 e. The molecule has 9 heteroatoms. The van der Waals surface area contributed by atoms with Gasteiger partial charge < -0.3 is 15.1 Å². The zero-order valence-corrected chi connectivity index (χ0v) is 18.9. The van der Waals surface area contributed by atoms with Crippen molar-refractivity contribution in [2.24, 2.45) is 4.99 Å². The summed E-state index contributed by atoms with van der Waals surface area (Å²) in [6.45, 7) is 5.96. The molecule has 1 fully saturated rings. The van der Waals surface area contributed by atoms with Crippen molar-refractivity contribution in [3.05, 3.63) is 77.6 Å². The maximum atomic E-state index is 13.6. The first kappa shape index (κ1) is 21.7. The van der Waals surface area contributed by atoms with E-state index >= 15 is 0 Å². The van der Waals surface area contributed by atoms with Crippen molar-refractivity contribution in [2.45, 2.75) is 6.92 Å². The Morgan fingerprint density at radius 1 is 0.941 bits per heavy atom. The van der Waals surface area contributed by atoms with Gasteiger partial charge in [0.1, 0.15) is 11.7 Å². The molecule has 0 aliphatic carbocycles. The van der Waals surface area contributed by atoms with Gasteiger partial charge in [0.2, 0.25) is 11.9 Å². The zero-order chi connectivity index (χ0) is 23.3. The van der Waals surface area contributed by atoms with Crippen LogP contribution < -0.4 is 15.1 Å². The second-order valence-electron chi connectivity index (χ2n) is 8.20. The van der Waals surface area contributed by atoms with Gasteiger partial charge in [-0.2, -0.15) is 15.0 Å². The maximum Gasteiger partial charge on any atom is 0.233 e. The minimum absolute atomic E-state index is 0.283. The van der Waals surface area contributed by atoms with Gasteiger partial charge in [-0.25, -0.2) is 4.39 Å². The highest BCUT2D eigenvalue weighted by Gasteiger charge is 2.21. The number of piperazine rings is 1. The summed E-state index contributed by atoms with van der Waals surface area (Å²) in [4.78, 5) is 26.9. The Morgan fingerprint density at radius 3 is 2.47 bits per heavy atom. The molecule has 0 bridgehead atoms. The lowest BCUT2D eigenvalue weighted by atomic mass is 10.2. The number of anilines is 3. The van der Waals surface area contributed by atoms with E-state index in [1.54, 1.807) is 18.2 Å². The van der Waals surface area contributed by atoms with Crippen LogP contribution in [0, 0.1) is 5.82 Å². The Balaban J connectivity index is 1.38. The van der Waals surface area contributed by atoms with Gasteiger partial charge in [-0.15, -0.1) is 0 Å². The van der Waals surface area contributed by atoms with Crippen LogP contribution in [0.2, 0.25) is 0 Å². The van der Waals surface area contributed by atoms with E-state index in [0.717, 1.165) is 43.3 Å². The molecule has 0 unspecified atom stereocenters. The van der Waals surface area contributed by atoms with Crippen molar-refractivity contribution >= 4 is 35.6 Å². The van der Waals surface area contributed by atoms with Crippen LogP contribution in [0.25, 0.3) is 12.2 Å². The molecule has 8 nitrogen and oxygen atoms in total. The third-order valence-corrected chi connectivity index (χ3v) is 5.63. The van der Waals surface area contributed by atoms with Crippen molar-refractivity contribution in [1.29, 1.82) is 0 Å². The van der Waals surface area contributed by atoms with Crippen LogP contribution in [0.4, 0.5) is 22.0 Å². The fraction of sp³-hybridized carbons (Fsp3) is 0.240. The van der Waals surface area contributed by atoms with Crippen LogP contribution in [-0.2, 0) is 0 Å². The second kappa shape index (κ2) is 9.78. The molecule has 34 heavy (non-hydrogen) atoms. The molecule has 3 aromatic rings. The van der Waals surface area contributed by atoms with E-state index in [2.05, 4.69) is 40.0 Å². The molecule has 1 aromatic carbocycles. The number of pyridine rings is 1. The van der Waals surface area contributed by atoms with Gasteiger partial charge in [-0.3, -0.25) is 9.98 Å². The van der Waals surface area contributed by atoms with Crippen molar-refractivity contribution < 1.29 is 4.39 Å². The predicted octanol–water partition coefficient (Wildman–Crippen LogP) is 3.67. The summed E-state index contributed by atoms with van der Waals surface area (Å²) in [7, 11) is 0. The minimum atomic E-state index is -0.283. The standard InChI is InChI=1S/C25H25FN8/c1-18-15-23(28-17-18)30-24-29-22(6-5-19-3-2-4-20(26)16-19)31-25(32-24)34-13-11-33(12-14-34)21-7-9-27-10-8-21/h2-10,15-16H,11-14,17H2,1H3,(H,28,29,30,31,32)/b6-5+. The molecule has 2 aliphatic heterocycles. The Morgan fingerprint density at radius 2 is 1.74 bits per heavy atom. The lowest BCUT2D eigenvalue weighted by molar-refractivity contribution is 0.627. The van der Waals surface area contributed by atoms with Gasteiger partial charge in [-0.05, 0) is 54.5 Å². The molecular weight excluding hydrogens is 431 g/mol. The molecule has 172 valence electrons. The van der Waals surface area contributed by atoms with Crippen molar-refractivity contribution in [3.8, 4) is 0 Å². The van der Waals surface area contributed by atoms with Crippen LogP contribution in [-0.4, -0.2) is 58.5 Å². The fourth-order valence-electron chi connectivity index (χ4n) is 3.88. The second-order valence-corrected chi connectivity index (χ2v) is 8.20. The maximum absolute atomic E-state index is 13.6. The largest absolute Gasteiger partial charge is 0.368 e. The van der Waals surface area contributed by atoms with Gasteiger partial charge >= 0.3 is 0 Å². The van der Waals surface area contributed by atoms with Crippen molar-refractivity contribution in [3.63, 3.8) is 0 Å². The molecule has 0 atom stereocenters. The lowest BCUT2D eigenvalue weighted by Crippen LogP contribution is -2.47. The number of aliphatic imine (C=N–C) groups is 1. The summed E-state index contributed by atoms with van der Waals surface area (Å²) in [5.74, 6) is 1.98. The number of benzene rings is 1. The van der Waals surface area contributed by atoms with E-state index in [0.29, 0.717) is 24.3 Å². The van der Waals surface area contributed by atoms with E-state index in [1.165, 1.54) is 17.7 Å². The zero-order valence-electron chi connectivity index (χ0n) is 18.9. The summed E-state index contributed by atoms with van der Waals surface area (Å²) < 4.78 is 13.6. The van der Waals surface area contributed by atoms with Crippen LogP contribution in [0.5, 0.6) is 0 Å². The number of nitrogens with zero attached hydrogens (tertiary/aromatic N) is 7. The van der Waals surface area contributed by atoms with E-state index in [4.69, 9.17) is 0 Å².